The smallest absolute Gasteiger partial charge is 0.269 e. The average molecular weight is 328 g/mol. The highest BCUT2D eigenvalue weighted by molar-refractivity contribution is 5.78. The maximum atomic E-state index is 12.1. The summed E-state index contributed by atoms with van der Waals surface area (Å²) >= 11 is 0. The number of nitro groups is 1. The molecular formula is C18H20N2O4. The molecule has 0 spiro atoms. The number of amides is 1. The molecule has 0 radical (unpaired) electrons. The molecule has 0 heterocycles. The lowest BCUT2D eigenvalue weighted by Gasteiger charge is -2.18. The summed E-state index contributed by atoms with van der Waals surface area (Å²) < 4.78 is 5.47. The van der Waals surface area contributed by atoms with Gasteiger partial charge < -0.3 is 10.1 Å². The number of hydrogen-bond acceptors (Lipinski definition) is 4. The Kier molecular flexibility index (Phi) is 6.03. The Hall–Kier alpha value is -2.73. The van der Waals surface area contributed by atoms with E-state index in [4.69, 9.17) is 4.74 Å². The van der Waals surface area contributed by atoms with Crippen molar-refractivity contribution in [2.24, 2.45) is 0 Å². The minimum Gasteiger partial charge on any atom is -0.375 e. The molecule has 1 N–H and O–H groups in total. The quantitative estimate of drug-likeness (QED) is 0.626. The van der Waals surface area contributed by atoms with E-state index in [9.17, 15) is 14.9 Å². The highest BCUT2D eigenvalue weighted by Crippen LogP contribution is 2.19. The second kappa shape index (κ2) is 8.21. The predicted molar refractivity (Wildman–Crippen MR) is 90.7 cm³/mol. The van der Waals surface area contributed by atoms with Crippen molar-refractivity contribution in [1.82, 2.24) is 5.32 Å². The summed E-state index contributed by atoms with van der Waals surface area (Å²) in [6, 6.07) is 13.8. The van der Waals surface area contributed by atoms with Gasteiger partial charge in [0, 0.05) is 25.8 Å². The Labute approximate surface area is 140 Å². The van der Waals surface area contributed by atoms with Crippen LogP contribution in [0.4, 0.5) is 5.69 Å². The second-order valence-corrected chi connectivity index (χ2v) is 5.49. The van der Waals surface area contributed by atoms with E-state index in [-0.39, 0.29) is 24.1 Å². The Balaban J connectivity index is 1.92. The van der Waals surface area contributed by atoms with Crippen molar-refractivity contribution in [3.8, 4) is 0 Å². The number of methoxy groups -OCH3 is 1. The lowest BCUT2D eigenvalue weighted by atomic mass is 10.0. The summed E-state index contributed by atoms with van der Waals surface area (Å²) in [6.07, 6.45) is -0.0469. The fraction of sp³-hybridized carbons (Fsp3) is 0.278. The van der Waals surface area contributed by atoms with Gasteiger partial charge in [0.15, 0.2) is 0 Å². The number of hydrogen-bond donors (Lipinski definition) is 1. The number of aryl methyl sites for hydroxylation is 1. The lowest BCUT2D eigenvalue weighted by molar-refractivity contribution is -0.384. The summed E-state index contributed by atoms with van der Waals surface area (Å²) in [5.41, 5.74) is 2.88. The van der Waals surface area contributed by atoms with Gasteiger partial charge in [0.25, 0.3) is 5.69 Å². The van der Waals surface area contributed by atoms with Crippen LogP contribution in [-0.4, -0.2) is 24.5 Å². The van der Waals surface area contributed by atoms with Gasteiger partial charge in [-0.05, 0) is 23.6 Å². The van der Waals surface area contributed by atoms with E-state index in [1.165, 1.54) is 12.1 Å². The SMILES string of the molecule is COC(CNC(=O)Cc1ccc([N+](=O)[O-])cc1)c1ccccc1C. The second-order valence-electron chi connectivity index (χ2n) is 5.49. The lowest BCUT2D eigenvalue weighted by Crippen LogP contribution is -2.30. The van der Waals surface area contributed by atoms with Crippen molar-refractivity contribution in [3.63, 3.8) is 0 Å². The van der Waals surface area contributed by atoms with Crippen LogP contribution in [0.15, 0.2) is 48.5 Å². The third-order valence-electron chi connectivity index (χ3n) is 3.82. The fourth-order valence-corrected chi connectivity index (χ4v) is 2.46. The van der Waals surface area contributed by atoms with E-state index < -0.39 is 4.92 Å². The van der Waals surface area contributed by atoms with Crippen molar-refractivity contribution in [2.75, 3.05) is 13.7 Å². The Morgan fingerprint density at radius 1 is 1.21 bits per heavy atom. The van der Waals surface area contributed by atoms with Crippen LogP contribution < -0.4 is 5.32 Å². The average Bonchev–Trinajstić information content (AvgIpc) is 2.57. The number of carbonyl (C=O) groups is 1. The first-order valence-electron chi connectivity index (χ1n) is 7.59. The van der Waals surface area contributed by atoms with E-state index in [0.29, 0.717) is 6.54 Å². The number of carbonyl (C=O) groups excluding carboxylic acids is 1. The molecule has 6 heteroatoms. The third kappa shape index (κ3) is 4.63. The maximum Gasteiger partial charge on any atom is 0.269 e. The number of nitrogens with zero attached hydrogens (tertiary/aromatic N) is 1. The van der Waals surface area contributed by atoms with Gasteiger partial charge in [-0.2, -0.15) is 0 Å². The number of ether oxygens (including phenoxy) is 1. The monoisotopic (exact) mass is 328 g/mol. The number of nitro benzene ring substituents is 1. The first kappa shape index (κ1) is 17.6. The first-order chi connectivity index (χ1) is 11.5. The van der Waals surface area contributed by atoms with Crippen LogP contribution >= 0.6 is 0 Å². The molecule has 126 valence electrons. The van der Waals surface area contributed by atoms with E-state index in [2.05, 4.69) is 5.32 Å². The molecule has 1 atom stereocenters. The Bertz CT molecular complexity index is 713. The van der Waals surface area contributed by atoms with Crippen LogP contribution in [0.1, 0.15) is 22.8 Å². The minimum absolute atomic E-state index is 0.0122. The molecule has 2 rings (SSSR count). The van der Waals surface area contributed by atoms with E-state index in [1.54, 1.807) is 19.2 Å². The summed E-state index contributed by atoms with van der Waals surface area (Å²) in [6.45, 7) is 2.37. The number of rotatable bonds is 7. The number of non-ortho nitro benzene ring substituents is 1. The molecule has 1 unspecified atom stereocenters. The Morgan fingerprint density at radius 3 is 2.46 bits per heavy atom. The van der Waals surface area contributed by atoms with Gasteiger partial charge in [-0.25, -0.2) is 0 Å². The van der Waals surface area contributed by atoms with Crippen LogP contribution in [0.3, 0.4) is 0 Å². The molecule has 0 saturated carbocycles. The molecule has 24 heavy (non-hydrogen) atoms. The predicted octanol–water partition coefficient (Wildman–Crippen LogP) is 2.95. The molecule has 0 aliphatic rings. The largest absolute Gasteiger partial charge is 0.375 e. The van der Waals surface area contributed by atoms with E-state index >= 15 is 0 Å². The molecule has 2 aromatic rings. The van der Waals surface area contributed by atoms with Gasteiger partial charge >= 0.3 is 0 Å². The molecule has 6 nitrogen and oxygen atoms in total. The molecule has 0 aromatic heterocycles. The first-order valence-corrected chi connectivity index (χ1v) is 7.59. The normalized spacial score (nSPS) is 11.8. The van der Waals surface area contributed by atoms with Crippen molar-refractivity contribution in [3.05, 3.63) is 75.3 Å². The van der Waals surface area contributed by atoms with Crippen molar-refractivity contribution >= 4 is 11.6 Å². The fourth-order valence-electron chi connectivity index (χ4n) is 2.46. The summed E-state index contributed by atoms with van der Waals surface area (Å²) in [4.78, 5) is 22.2. The van der Waals surface area contributed by atoms with Crippen molar-refractivity contribution < 1.29 is 14.5 Å². The zero-order valence-corrected chi connectivity index (χ0v) is 13.7. The van der Waals surface area contributed by atoms with Crippen LogP contribution in [0, 0.1) is 17.0 Å². The number of benzene rings is 2. The highest BCUT2D eigenvalue weighted by atomic mass is 16.6. The molecular weight excluding hydrogens is 308 g/mol. The molecule has 1 amide bonds. The summed E-state index contributed by atoms with van der Waals surface area (Å²) in [5.74, 6) is -0.153. The van der Waals surface area contributed by atoms with Gasteiger partial charge in [0.2, 0.25) is 5.91 Å². The third-order valence-corrected chi connectivity index (χ3v) is 3.82. The van der Waals surface area contributed by atoms with Crippen LogP contribution in [0.5, 0.6) is 0 Å². The van der Waals surface area contributed by atoms with E-state index in [0.717, 1.165) is 16.7 Å². The summed E-state index contributed by atoms with van der Waals surface area (Å²) in [5, 5.41) is 13.5. The van der Waals surface area contributed by atoms with Crippen LogP contribution in [0.25, 0.3) is 0 Å². The molecule has 0 aliphatic carbocycles. The molecule has 0 bridgehead atoms. The number of nitrogens with one attached hydrogen (secondary N) is 1. The van der Waals surface area contributed by atoms with Gasteiger partial charge in [0.05, 0.1) is 17.4 Å². The van der Waals surface area contributed by atoms with Crippen LogP contribution in [-0.2, 0) is 16.0 Å². The minimum atomic E-state index is -0.463. The van der Waals surface area contributed by atoms with Gasteiger partial charge in [-0.3, -0.25) is 14.9 Å². The Morgan fingerprint density at radius 2 is 1.88 bits per heavy atom. The van der Waals surface area contributed by atoms with Crippen LogP contribution in [0.2, 0.25) is 0 Å². The molecule has 2 aromatic carbocycles. The van der Waals surface area contributed by atoms with Gasteiger partial charge in [-0.1, -0.05) is 36.4 Å². The molecule has 0 aliphatic heterocycles. The standard InChI is InChI=1S/C18H20N2O4/c1-13-5-3-4-6-16(13)17(24-2)12-19-18(21)11-14-7-9-15(10-8-14)20(22)23/h3-10,17H,11-12H2,1-2H3,(H,19,21). The molecule has 0 saturated heterocycles. The van der Waals surface area contributed by atoms with Gasteiger partial charge in [-0.15, -0.1) is 0 Å². The topological polar surface area (TPSA) is 81.5 Å². The van der Waals surface area contributed by atoms with Crippen molar-refractivity contribution in [2.45, 2.75) is 19.4 Å². The zero-order chi connectivity index (χ0) is 17.5. The summed E-state index contributed by atoms with van der Waals surface area (Å²) in [7, 11) is 1.61. The molecule has 0 fully saturated rings. The highest BCUT2D eigenvalue weighted by Gasteiger charge is 2.14. The van der Waals surface area contributed by atoms with E-state index in [1.807, 2.05) is 31.2 Å². The van der Waals surface area contributed by atoms with Gasteiger partial charge in [0.1, 0.15) is 0 Å². The maximum absolute atomic E-state index is 12.1. The van der Waals surface area contributed by atoms with Crippen molar-refractivity contribution in [1.29, 1.82) is 0 Å². The zero-order valence-electron chi connectivity index (χ0n) is 13.7.